The highest BCUT2D eigenvalue weighted by Gasteiger charge is 2.41. The van der Waals surface area contributed by atoms with Gasteiger partial charge in [0.15, 0.2) is 5.11 Å². The fourth-order valence-corrected chi connectivity index (χ4v) is 6.97. The fourth-order valence-electron chi connectivity index (χ4n) is 6.64. The summed E-state index contributed by atoms with van der Waals surface area (Å²) < 4.78 is 2.31. The van der Waals surface area contributed by atoms with Crippen LogP contribution in [-0.2, 0) is 4.79 Å². The number of pyridine rings is 1. The molecule has 2 aromatic heterocycles. The van der Waals surface area contributed by atoms with Crippen LogP contribution in [0, 0.1) is 13.8 Å². The van der Waals surface area contributed by atoms with Crippen LogP contribution in [-0.4, -0.2) is 45.1 Å². The molecule has 0 saturated carbocycles. The van der Waals surface area contributed by atoms with Crippen LogP contribution in [0.2, 0.25) is 0 Å². The van der Waals surface area contributed by atoms with Gasteiger partial charge in [0, 0.05) is 66.1 Å². The second kappa shape index (κ2) is 13.1. The third kappa shape index (κ3) is 6.02. The number of nitrogens with zero attached hydrogens (tertiary/aromatic N) is 4. The van der Waals surface area contributed by atoms with Gasteiger partial charge in [-0.3, -0.25) is 9.78 Å². The van der Waals surface area contributed by atoms with Crippen molar-refractivity contribution >= 4 is 45.4 Å². The number of fused-ring (bicyclic) bond motifs is 1. The molecule has 7 nitrogen and oxygen atoms in total. The van der Waals surface area contributed by atoms with E-state index in [9.17, 15) is 4.79 Å². The van der Waals surface area contributed by atoms with Crippen molar-refractivity contribution in [1.82, 2.24) is 19.8 Å². The number of amides is 1. The zero-order valence-electron chi connectivity index (χ0n) is 26.3. The molecule has 1 fully saturated rings. The SMILES string of the molecule is CCN(CC)c1ccc(-n2c(C)cc([C@H]3[C@@H](c4ccccn4)NC(=S)N3CCC(=O)Nc3cccc4ccccc34)c2C)cc1. The van der Waals surface area contributed by atoms with Crippen molar-refractivity contribution in [1.29, 1.82) is 0 Å². The van der Waals surface area contributed by atoms with E-state index in [1.54, 1.807) is 0 Å². The Bertz CT molecular complexity index is 1810. The molecule has 1 amide bonds. The average molecular weight is 617 g/mol. The summed E-state index contributed by atoms with van der Waals surface area (Å²) >= 11 is 5.92. The summed E-state index contributed by atoms with van der Waals surface area (Å²) in [4.78, 5) is 22.5. The molecule has 8 heteroatoms. The van der Waals surface area contributed by atoms with E-state index in [1.165, 1.54) is 5.69 Å². The normalized spacial score (nSPS) is 16.2. The second-order valence-electron chi connectivity index (χ2n) is 11.5. The lowest BCUT2D eigenvalue weighted by molar-refractivity contribution is -0.116. The summed E-state index contributed by atoms with van der Waals surface area (Å²) in [5.41, 5.74) is 7.53. The third-order valence-electron chi connectivity index (χ3n) is 8.87. The summed E-state index contributed by atoms with van der Waals surface area (Å²) in [6.07, 6.45) is 2.11. The number of nitrogens with one attached hydrogen (secondary N) is 2. The van der Waals surface area contributed by atoms with Crippen LogP contribution in [0.3, 0.4) is 0 Å². The summed E-state index contributed by atoms with van der Waals surface area (Å²) in [6.45, 7) is 11.1. The van der Waals surface area contributed by atoms with E-state index >= 15 is 0 Å². The molecule has 1 aliphatic heterocycles. The molecule has 5 aromatic rings. The molecule has 2 N–H and O–H groups in total. The van der Waals surface area contributed by atoms with Crippen molar-refractivity contribution in [3.8, 4) is 5.69 Å². The molecular weight excluding hydrogens is 577 g/mol. The first-order valence-corrected chi connectivity index (χ1v) is 16.1. The molecule has 1 saturated heterocycles. The zero-order chi connectivity index (χ0) is 31.5. The molecule has 1 aliphatic rings. The van der Waals surface area contributed by atoms with Gasteiger partial charge in [-0.2, -0.15) is 0 Å². The first kappa shape index (κ1) is 30.3. The average Bonchev–Trinajstić information content (AvgIpc) is 3.55. The number of benzene rings is 3. The van der Waals surface area contributed by atoms with E-state index in [2.05, 4.69) is 95.2 Å². The van der Waals surface area contributed by atoms with Crippen LogP contribution < -0.4 is 15.5 Å². The fraction of sp³-hybridized carbons (Fsp3) is 0.270. The van der Waals surface area contributed by atoms with E-state index in [1.807, 2.05) is 54.7 Å². The van der Waals surface area contributed by atoms with Gasteiger partial charge in [-0.15, -0.1) is 0 Å². The van der Waals surface area contributed by atoms with E-state index in [0.717, 1.165) is 57.9 Å². The Morgan fingerprint density at radius 3 is 2.42 bits per heavy atom. The van der Waals surface area contributed by atoms with Crippen molar-refractivity contribution in [2.45, 2.75) is 46.2 Å². The summed E-state index contributed by atoms with van der Waals surface area (Å²) in [6, 6.07) is 30.8. The van der Waals surface area contributed by atoms with Gasteiger partial charge in [-0.1, -0.05) is 42.5 Å². The Kier molecular flexibility index (Phi) is 8.85. The minimum atomic E-state index is -0.154. The van der Waals surface area contributed by atoms with Crippen LogP contribution in [0.1, 0.15) is 55.0 Å². The van der Waals surface area contributed by atoms with Gasteiger partial charge < -0.3 is 25.0 Å². The van der Waals surface area contributed by atoms with Crippen LogP contribution in [0.25, 0.3) is 16.5 Å². The maximum absolute atomic E-state index is 13.3. The zero-order valence-corrected chi connectivity index (χ0v) is 27.1. The minimum absolute atomic E-state index is 0.0482. The highest BCUT2D eigenvalue weighted by atomic mass is 32.1. The molecule has 0 aliphatic carbocycles. The maximum Gasteiger partial charge on any atom is 0.226 e. The van der Waals surface area contributed by atoms with Gasteiger partial charge in [0.05, 0.1) is 17.8 Å². The van der Waals surface area contributed by atoms with Gasteiger partial charge >= 0.3 is 0 Å². The first-order chi connectivity index (χ1) is 21.9. The predicted octanol–water partition coefficient (Wildman–Crippen LogP) is 7.49. The molecule has 230 valence electrons. The van der Waals surface area contributed by atoms with Crippen LogP contribution in [0.4, 0.5) is 11.4 Å². The lowest BCUT2D eigenvalue weighted by atomic mass is 9.96. The van der Waals surface area contributed by atoms with E-state index in [4.69, 9.17) is 17.2 Å². The molecule has 3 heterocycles. The summed E-state index contributed by atoms with van der Waals surface area (Å²) in [5, 5.41) is 9.43. The molecule has 6 rings (SSSR count). The Morgan fingerprint density at radius 2 is 1.69 bits per heavy atom. The smallest absolute Gasteiger partial charge is 0.226 e. The molecule has 3 aromatic carbocycles. The van der Waals surface area contributed by atoms with E-state index in [0.29, 0.717) is 18.1 Å². The van der Waals surface area contributed by atoms with Gasteiger partial charge in [-0.05, 0) is 99.4 Å². The Labute approximate surface area is 270 Å². The topological polar surface area (TPSA) is 65.4 Å². The van der Waals surface area contributed by atoms with Crippen LogP contribution in [0.15, 0.2) is 97.2 Å². The lowest BCUT2D eigenvalue weighted by Gasteiger charge is -2.28. The number of carbonyl (C=O) groups excluding carboxylic acids is 1. The van der Waals surface area contributed by atoms with E-state index in [-0.39, 0.29) is 18.0 Å². The Hall–Kier alpha value is -4.69. The van der Waals surface area contributed by atoms with Gasteiger partial charge in [-0.25, -0.2) is 0 Å². The molecular formula is C37H40N6OS. The molecule has 45 heavy (non-hydrogen) atoms. The number of thiocarbonyl (C=S) groups is 1. The minimum Gasteiger partial charge on any atom is -0.372 e. The molecule has 0 bridgehead atoms. The number of carbonyl (C=O) groups is 1. The quantitative estimate of drug-likeness (QED) is 0.159. The first-order valence-electron chi connectivity index (χ1n) is 15.7. The predicted molar refractivity (Wildman–Crippen MR) is 188 cm³/mol. The monoisotopic (exact) mass is 616 g/mol. The summed E-state index contributed by atoms with van der Waals surface area (Å²) in [5.74, 6) is -0.0482. The van der Waals surface area contributed by atoms with E-state index < -0.39 is 0 Å². The van der Waals surface area contributed by atoms with Crippen LogP contribution in [0.5, 0.6) is 0 Å². The number of hydrogen-bond acceptors (Lipinski definition) is 4. The third-order valence-corrected chi connectivity index (χ3v) is 9.22. The lowest BCUT2D eigenvalue weighted by Crippen LogP contribution is -2.33. The van der Waals surface area contributed by atoms with Crippen LogP contribution >= 0.6 is 12.2 Å². The van der Waals surface area contributed by atoms with Crippen molar-refractivity contribution in [2.75, 3.05) is 29.9 Å². The Morgan fingerprint density at radius 1 is 0.956 bits per heavy atom. The number of hydrogen-bond donors (Lipinski definition) is 2. The Balaban J connectivity index is 1.30. The molecule has 0 radical (unpaired) electrons. The standard InChI is InChI=1S/C37H40N6OS/c1-5-41(6-2)28-17-19-29(20-18-28)43-25(3)24-31(26(43)4)36-35(33-15-9-10-22-38-33)40-37(45)42(36)23-21-34(44)39-32-16-11-13-27-12-7-8-14-30(27)32/h7-20,22,24,35-36H,5-6,21,23H2,1-4H3,(H,39,44)(H,40,45)/t35-,36+/m1/s1. The largest absolute Gasteiger partial charge is 0.372 e. The van der Waals surface area contributed by atoms with Crippen molar-refractivity contribution < 1.29 is 4.79 Å². The number of aromatic nitrogens is 2. The highest BCUT2D eigenvalue weighted by molar-refractivity contribution is 7.80. The molecule has 0 spiro atoms. The highest BCUT2D eigenvalue weighted by Crippen LogP contribution is 2.41. The second-order valence-corrected chi connectivity index (χ2v) is 11.9. The van der Waals surface area contributed by atoms with Crippen molar-refractivity contribution in [3.63, 3.8) is 0 Å². The van der Waals surface area contributed by atoms with Gasteiger partial charge in [0.2, 0.25) is 5.91 Å². The van der Waals surface area contributed by atoms with Gasteiger partial charge in [0.25, 0.3) is 0 Å². The molecule has 0 unspecified atom stereocenters. The van der Waals surface area contributed by atoms with Gasteiger partial charge in [0.1, 0.15) is 0 Å². The van der Waals surface area contributed by atoms with Crippen molar-refractivity contribution in [2.24, 2.45) is 0 Å². The van der Waals surface area contributed by atoms with Crippen molar-refractivity contribution in [3.05, 3.63) is 120 Å². The number of anilines is 2. The number of aryl methyl sites for hydroxylation is 1. The molecule has 2 atom stereocenters. The summed E-state index contributed by atoms with van der Waals surface area (Å²) in [7, 11) is 0. The number of rotatable bonds is 10. The maximum atomic E-state index is 13.3.